The molecule has 1 aliphatic heterocycles. The maximum atomic E-state index is 11.7. The Labute approximate surface area is 92.2 Å². The summed E-state index contributed by atoms with van der Waals surface area (Å²) < 4.78 is 0. The van der Waals surface area contributed by atoms with E-state index in [0.717, 1.165) is 25.4 Å². The predicted molar refractivity (Wildman–Crippen MR) is 60.7 cm³/mol. The molecule has 3 unspecified atom stereocenters. The van der Waals surface area contributed by atoms with Crippen LogP contribution in [-0.4, -0.2) is 30.1 Å². The number of amides is 2. The van der Waals surface area contributed by atoms with E-state index in [1.165, 1.54) is 19.3 Å². The van der Waals surface area contributed by atoms with E-state index in [-0.39, 0.29) is 6.03 Å². The minimum atomic E-state index is 0.162. The molecule has 2 rings (SSSR count). The van der Waals surface area contributed by atoms with Gasteiger partial charge in [0.25, 0.3) is 0 Å². The maximum Gasteiger partial charge on any atom is 0.317 e. The third-order valence-electron chi connectivity index (χ3n) is 4.22. The maximum absolute atomic E-state index is 11.7. The Morgan fingerprint density at radius 3 is 2.87 bits per heavy atom. The first-order chi connectivity index (χ1) is 7.24. The van der Waals surface area contributed by atoms with Crippen LogP contribution >= 0.6 is 0 Å². The largest absolute Gasteiger partial charge is 0.338 e. The summed E-state index contributed by atoms with van der Waals surface area (Å²) in [7, 11) is 0. The molecule has 2 amide bonds. The van der Waals surface area contributed by atoms with Crippen LogP contribution < -0.4 is 5.32 Å². The van der Waals surface area contributed by atoms with E-state index < -0.39 is 0 Å². The standard InChI is InChI=1S/C12H22N2O/c1-3-10-5-6-11(9(10)2)14-8-4-7-13-12(14)15/h9-11H,3-8H2,1-2H3,(H,13,15). The van der Waals surface area contributed by atoms with Gasteiger partial charge in [-0.1, -0.05) is 20.3 Å². The highest BCUT2D eigenvalue weighted by molar-refractivity contribution is 5.75. The molecule has 3 atom stereocenters. The number of hydrogen-bond donors (Lipinski definition) is 1. The molecule has 86 valence electrons. The topological polar surface area (TPSA) is 32.3 Å². The van der Waals surface area contributed by atoms with Gasteiger partial charge in [0.05, 0.1) is 0 Å². The van der Waals surface area contributed by atoms with E-state index in [4.69, 9.17) is 0 Å². The van der Waals surface area contributed by atoms with Crippen LogP contribution in [0.4, 0.5) is 4.79 Å². The minimum Gasteiger partial charge on any atom is -0.338 e. The van der Waals surface area contributed by atoms with E-state index in [0.29, 0.717) is 12.0 Å². The zero-order chi connectivity index (χ0) is 10.8. The number of hydrogen-bond acceptors (Lipinski definition) is 1. The zero-order valence-electron chi connectivity index (χ0n) is 9.83. The Hall–Kier alpha value is -0.730. The fourth-order valence-corrected chi connectivity index (χ4v) is 3.20. The van der Waals surface area contributed by atoms with E-state index >= 15 is 0 Å². The van der Waals surface area contributed by atoms with Gasteiger partial charge in [-0.25, -0.2) is 4.79 Å². The Morgan fingerprint density at radius 1 is 1.47 bits per heavy atom. The van der Waals surface area contributed by atoms with Crippen LogP contribution in [0.3, 0.4) is 0 Å². The van der Waals surface area contributed by atoms with Gasteiger partial charge in [0.2, 0.25) is 0 Å². The number of rotatable bonds is 2. The van der Waals surface area contributed by atoms with Gasteiger partial charge in [-0.05, 0) is 31.1 Å². The number of carbonyl (C=O) groups excluding carboxylic acids is 1. The monoisotopic (exact) mass is 210 g/mol. The lowest BCUT2D eigenvalue weighted by atomic mass is 9.93. The van der Waals surface area contributed by atoms with Gasteiger partial charge in [-0.3, -0.25) is 0 Å². The van der Waals surface area contributed by atoms with Gasteiger partial charge in [0.15, 0.2) is 0 Å². The van der Waals surface area contributed by atoms with E-state index in [9.17, 15) is 4.79 Å². The van der Waals surface area contributed by atoms with Crippen LogP contribution in [0, 0.1) is 11.8 Å². The van der Waals surface area contributed by atoms with Crippen molar-refractivity contribution in [3.63, 3.8) is 0 Å². The van der Waals surface area contributed by atoms with Crippen molar-refractivity contribution in [3.05, 3.63) is 0 Å². The molecule has 15 heavy (non-hydrogen) atoms. The van der Waals surface area contributed by atoms with Gasteiger partial charge < -0.3 is 10.2 Å². The first kappa shape index (κ1) is 10.8. The molecule has 0 aromatic heterocycles. The average molecular weight is 210 g/mol. The second-order valence-corrected chi connectivity index (χ2v) is 4.95. The Bertz CT molecular complexity index is 242. The summed E-state index contributed by atoms with van der Waals surface area (Å²) in [5.41, 5.74) is 0. The van der Waals surface area contributed by atoms with Crippen LogP contribution in [0.25, 0.3) is 0 Å². The first-order valence-corrected chi connectivity index (χ1v) is 6.28. The fourth-order valence-electron chi connectivity index (χ4n) is 3.20. The van der Waals surface area contributed by atoms with Gasteiger partial charge >= 0.3 is 6.03 Å². The van der Waals surface area contributed by atoms with Crippen molar-refractivity contribution in [3.8, 4) is 0 Å². The fraction of sp³-hybridized carbons (Fsp3) is 0.917. The lowest BCUT2D eigenvalue weighted by molar-refractivity contribution is 0.141. The van der Waals surface area contributed by atoms with Gasteiger partial charge in [0.1, 0.15) is 0 Å². The number of carbonyl (C=O) groups is 1. The van der Waals surface area contributed by atoms with Crippen LogP contribution in [-0.2, 0) is 0 Å². The molecular formula is C12H22N2O. The van der Waals surface area contributed by atoms with Gasteiger partial charge in [0, 0.05) is 19.1 Å². The number of nitrogens with zero attached hydrogens (tertiary/aromatic N) is 1. The first-order valence-electron chi connectivity index (χ1n) is 6.28. The summed E-state index contributed by atoms with van der Waals surface area (Å²) in [5, 5.41) is 2.95. The van der Waals surface area contributed by atoms with E-state index in [1.54, 1.807) is 0 Å². The van der Waals surface area contributed by atoms with Crippen LogP contribution in [0.1, 0.15) is 39.5 Å². The Morgan fingerprint density at radius 2 is 2.27 bits per heavy atom. The zero-order valence-corrected chi connectivity index (χ0v) is 9.83. The second kappa shape index (κ2) is 4.42. The van der Waals surface area contributed by atoms with E-state index in [1.807, 2.05) is 0 Å². The summed E-state index contributed by atoms with van der Waals surface area (Å²) in [5.74, 6) is 1.50. The summed E-state index contributed by atoms with van der Waals surface area (Å²) >= 11 is 0. The molecule has 0 radical (unpaired) electrons. The predicted octanol–water partition coefficient (Wildman–Crippen LogP) is 2.23. The summed E-state index contributed by atoms with van der Waals surface area (Å²) in [6.45, 7) is 6.39. The average Bonchev–Trinajstić information content (AvgIpc) is 2.60. The molecule has 3 heteroatoms. The summed E-state index contributed by atoms with van der Waals surface area (Å²) in [6, 6.07) is 0.658. The molecule has 0 bridgehead atoms. The van der Waals surface area contributed by atoms with Crippen molar-refractivity contribution >= 4 is 6.03 Å². The molecule has 0 aromatic rings. The van der Waals surface area contributed by atoms with Crippen LogP contribution in [0.5, 0.6) is 0 Å². The second-order valence-electron chi connectivity index (χ2n) is 4.95. The molecule has 1 heterocycles. The summed E-state index contributed by atoms with van der Waals surface area (Å²) in [6.07, 6.45) is 4.86. The van der Waals surface area contributed by atoms with Gasteiger partial charge in [-0.15, -0.1) is 0 Å². The summed E-state index contributed by atoms with van der Waals surface area (Å²) in [4.78, 5) is 13.8. The molecule has 1 saturated heterocycles. The molecule has 1 saturated carbocycles. The lowest BCUT2D eigenvalue weighted by Crippen LogP contribution is -2.52. The molecular weight excluding hydrogens is 188 g/mol. The highest BCUT2D eigenvalue weighted by Gasteiger charge is 2.37. The van der Waals surface area contributed by atoms with Gasteiger partial charge in [-0.2, -0.15) is 0 Å². The number of nitrogens with one attached hydrogen (secondary N) is 1. The normalized spacial score (nSPS) is 36.8. The lowest BCUT2D eigenvalue weighted by Gasteiger charge is -2.35. The third-order valence-corrected chi connectivity index (χ3v) is 4.22. The molecule has 2 fully saturated rings. The van der Waals surface area contributed by atoms with Crippen molar-refractivity contribution in [1.82, 2.24) is 10.2 Å². The van der Waals surface area contributed by atoms with Crippen molar-refractivity contribution in [2.45, 2.75) is 45.6 Å². The van der Waals surface area contributed by atoms with Crippen LogP contribution in [0.2, 0.25) is 0 Å². The van der Waals surface area contributed by atoms with E-state index in [2.05, 4.69) is 24.1 Å². The highest BCUT2D eigenvalue weighted by Crippen LogP contribution is 2.37. The molecule has 0 aromatic carbocycles. The molecule has 3 nitrogen and oxygen atoms in total. The number of urea groups is 1. The van der Waals surface area contributed by atoms with Crippen LogP contribution in [0.15, 0.2) is 0 Å². The quantitative estimate of drug-likeness (QED) is 0.744. The molecule has 2 aliphatic rings. The van der Waals surface area contributed by atoms with Crippen molar-refractivity contribution < 1.29 is 4.79 Å². The molecule has 1 N–H and O–H groups in total. The molecule has 0 spiro atoms. The SMILES string of the molecule is CCC1CCC(N2CCCNC2=O)C1C. The Kier molecular flexibility index (Phi) is 3.17. The smallest absolute Gasteiger partial charge is 0.317 e. The van der Waals surface area contributed by atoms with Crippen molar-refractivity contribution in [1.29, 1.82) is 0 Å². The van der Waals surface area contributed by atoms with Crippen molar-refractivity contribution in [2.75, 3.05) is 13.1 Å². The minimum absolute atomic E-state index is 0.162. The highest BCUT2D eigenvalue weighted by atomic mass is 16.2. The Balaban J connectivity index is 2.01. The third kappa shape index (κ3) is 1.97. The molecule has 1 aliphatic carbocycles. The van der Waals surface area contributed by atoms with Crippen molar-refractivity contribution in [2.24, 2.45) is 11.8 Å².